The lowest BCUT2D eigenvalue weighted by Crippen LogP contribution is -2.30. The topological polar surface area (TPSA) is 86.9 Å². The first-order chi connectivity index (χ1) is 14.7. The van der Waals surface area contributed by atoms with E-state index in [0.717, 1.165) is 10.7 Å². The Morgan fingerprint density at radius 3 is 2.32 bits per heavy atom. The second-order valence-corrected chi connectivity index (χ2v) is 8.88. The van der Waals surface area contributed by atoms with Gasteiger partial charge in [-0.05, 0) is 57.2 Å². The van der Waals surface area contributed by atoms with Crippen molar-refractivity contribution in [1.29, 1.82) is 0 Å². The van der Waals surface area contributed by atoms with Gasteiger partial charge in [-0.15, -0.1) is 11.3 Å². The van der Waals surface area contributed by atoms with Crippen LogP contribution in [-0.2, 0) is 4.79 Å². The molecular weight excluding hydrogens is 414 g/mol. The zero-order valence-electron chi connectivity index (χ0n) is 18.0. The smallest absolute Gasteiger partial charge is 0.294 e. The molecule has 3 heterocycles. The van der Waals surface area contributed by atoms with Crippen LogP contribution in [0.15, 0.2) is 52.1 Å². The Labute approximate surface area is 184 Å². The highest BCUT2D eigenvalue weighted by Gasteiger charge is 2.46. The summed E-state index contributed by atoms with van der Waals surface area (Å²) in [6.45, 7) is 5.35. The lowest BCUT2D eigenvalue weighted by molar-refractivity contribution is -0.117. The maximum Gasteiger partial charge on any atom is 0.294 e. The van der Waals surface area contributed by atoms with Crippen molar-refractivity contribution in [2.45, 2.75) is 26.8 Å². The van der Waals surface area contributed by atoms with Crippen molar-refractivity contribution in [3.63, 3.8) is 0 Å². The minimum atomic E-state index is -0.874. The molecule has 2 aromatic heterocycles. The zero-order chi connectivity index (χ0) is 22.4. The molecule has 1 amide bonds. The average molecular weight is 438 g/mol. The third kappa shape index (κ3) is 3.53. The molecule has 1 aliphatic rings. The highest BCUT2D eigenvalue weighted by Crippen LogP contribution is 2.43. The van der Waals surface area contributed by atoms with Crippen molar-refractivity contribution in [2.24, 2.45) is 0 Å². The fourth-order valence-electron chi connectivity index (χ4n) is 3.75. The fraction of sp³-hybridized carbons (Fsp3) is 0.261. The molecule has 1 unspecified atom stereocenters. The number of nitrogens with zero attached hydrogens (tertiary/aromatic N) is 3. The quantitative estimate of drug-likeness (QED) is 0.591. The Hall–Kier alpha value is -3.39. The SMILES string of the molecule is Cc1ccc(C2C(C(=O)c3sc(C)nc3C)=C(O)C(=O)N2c2ccc(N(C)C)cc2)o1. The highest BCUT2D eigenvalue weighted by atomic mass is 32.1. The molecule has 3 aromatic rings. The molecule has 0 radical (unpaired) electrons. The maximum atomic E-state index is 13.5. The summed E-state index contributed by atoms with van der Waals surface area (Å²) in [6.07, 6.45) is 0. The number of anilines is 2. The minimum Gasteiger partial charge on any atom is -0.503 e. The molecule has 1 aliphatic heterocycles. The standard InChI is InChI=1S/C23H23N3O4S/c1-12-6-11-17(30-12)19-18(20(27)22-13(2)24-14(3)31-22)21(28)23(29)26(19)16-9-7-15(8-10-16)25(4)5/h6-11,19,28H,1-5H3. The van der Waals surface area contributed by atoms with E-state index in [0.29, 0.717) is 27.8 Å². The molecule has 0 saturated heterocycles. The van der Waals surface area contributed by atoms with Crippen molar-refractivity contribution in [1.82, 2.24) is 4.98 Å². The van der Waals surface area contributed by atoms with Crippen LogP contribution >= 0.6 is 11.3 Å². The first-order valence-corrected chi connectivity index (χ1v) is 10.6. The Morgan fingerprint density at radius 2 is 1.81 bits per heavy atom. The molecule has 0 spiro atoms. The van der Waals surface area contributed by atoms with Crippen molar-refractivity contribution in [3.8, 4) is 0 Å². The monoisotopic (exact) mass is 437 g/mol. The van der Waals surface area contributed by atoms with Gasteiger partial charge >= 0.3 is 0 Å². The number of benzene rings is 1. The zero-order valence-corrected chi connectivity index (χ0v) is 18.8. The van der Waals surface area contributed by atoms with E-state index >= 15 is 0 Å². The summed E-state index contributed by atoms with van der Waals surface area (Å²) in [5.41, 5.74) is 2.09. The van der Waals surface area contributed by atoms with Gasteiger partial charge < -0.3 is 14.4 Å². The predicted octanol–water partition coefficient (Wildman–Crippen LogP) is 4.51. The number of aromatic nitrogens is 1. The number of aryl methyl sites for hydroxylation is 3. The lowest BCUT2D eigenvalue weighted by Gasteiger charge is -2.25. The van der Waals surface area contributed by atoms with Crippen molar-refractivity contribution < 1.29 is 19.1 Å². The number of carbonyl (C=O) groups is 2. The van der Waals surface area contributed by atoms with Crippen molar-refractivity contribution >= 4 is 34.4 Å². The molecule has 31 heavy (non-hydrogen) atoms. The van der Waals surface area contributed by atoms with Crippen LogP contribution in [0.2, 0.25) is 0 Å². The van der Waals surface area contributed by atoms with Crippen LogP contribution in [0.5, 0.6) is 0 Å². The number of amides is 1. The van der Waals surface area contributed by atoms with Gasteiger partial charge in [0.05, 0.1) is 21.2 Å². The lowest BCUT2D eigenvalue weighted by atomic mass is 9.99. The van der Waals surface area contributed by atoms with E-state index in [9.17, 15) is 14.7 Å². The van der Waals surface area contributed by atoms with E-state index < -0.39 is 23.5 Å². The fourth-order valence-corrected chi connectivity index (χ4v) is 4.62. The molecule has 0 bridgehead atoms. The van der Waals surface area contributed by atoms with Gasteiger partial charge in [0.25, 0.3) is 5.91 Å². The van der Waals surface area contributed by atoms with Gasteiger partial charge in [-0.2, -0.15) is 0 Å². The van der Waals surface area contributed by atoms with Crippen molar-refractivity contribution in [2.75, 3.05) is 23.9 Å². The molecule has 0 fully saturated rings. The Balaban J connectivity index is 1.85. The number of Topliss-reactive ketones (excluding diaryl/α,β-unsaturated/α-hetero) is 1. The molecule has 1 aromatic carbocycles. The second kappa shape index (κ2) is 7.70. The Kier molecular flexibility index (Phi) is 5.18. The number of thiazole rings is 1. The summed E-state index contributed by atoms with van der Waals surface area (Å²) in [6, 6.07) is 9.96. The first-order valence-electron chi connectivity index (χ1n) is 9.78. The number of aliphatic hydroxyl groups is 1. The number of ketones is 1. The molecule has 1 atom stereocenters. The van der Waals surface area contributed by atoms with Gasteiger partial charge in [0.1, 0.15) is 17.6 Å². The summed E-state index contributed by atoms with van der Waals surface area (Å²) in [5, 5.41) is 11.5. The third-order valence-corrected chi connectivity index (χ3v) is 6.31. The summed E-state index contributed by atoms with van der Waals surface area (Å²) in [7, 11) is 3.85. The molecule has 0 aliphatic carbocycles. The number of hydrogen-bond acceptors (Lipinski definition) is 7. The van der Waals surface area contributed by atoms with Crippen LogP contribution in [0.3, 0.4) is 0 Å². The van der Waals surface area contributed by atoms with Gasteiger partial charge in [0, 0.05) is 25.5 Å². The predicted molar refractivity (Wildman–Crippen MR) is 120 cm³/mol. The summed E-state index contributed by atoms with van der Waals surface area (Å²) >= 11 is 1.25. The minimum absolute atomic E-state index is 0.00258. The van der Waals surface area contributed by atoms with Crippen LogP contribution in [0.4, 0.5) is 11.4 Å². The van der Waals surface area contributed by atoms with E-state index in [1.165, 1.54) is 16.2 Å². The van der Waals surface area contributed by atoms with Gasteiger partial charge in [-0.3, -0.25) is 14.5 Å². The van der Waals surface area contributed by atoms with E-state index in [-0.39, 0.29) is 5.57 Å². The number of carbonyl (C=O) groups excluding carboxylic acids is 2. The molecule has 4 rings (SSSR count). The largest absolute Gasteiger partial charge is 0.503 e. The summed E-state index contributed by atoms with van der Waals surface area (Å²) < 4.78 is 5.82. The summed E-state index contributed by atoms with van der Waals surface area (Å²) in [5.74, 6) is -0.562. The molecule has 160 valence electrons. The van der Waals surface area contributed by atoms with Crippen LogP contribution < -0.4 is 9.80 Å². The molecule has 7 nitrogen and oxygen atoms in total. The van der Waals surface area contributed by atoms with Crippen LogP contribution in [0.25, 0.3) is 0 Å². The molecule has 8 heteroatoms. The van der Waals surface area contributed by atoms with Gasteiger partial charge in [0.15, 0.2) is 5.76 Å². The van der Waals surface area contributed by atoms with E-state index in [1.807, 2.05) is 38.1 Å². The van der Waals surface area contributed by atoms with Gasteiger partial charge in [-0.1, -0.05) is 0 Å². The van der Waals surface area contributed by atoms with Crippen LogP contribution in [0.1, 0.15) is 37.9 Å². The van der Waals surface area contributed by atoms with Crippen LogP contribution in [-0.4, -0.2) is 35.9 Å². The molecule has 0 saturated carbocycles. The molecule has 1 N–H and O–H groups in total. The Bertz CT molecular complexity index is 1200. The van der Waals surface area contributed by atoms with Crippen LogP contribution in [0, 0.1) is 20.8 Å². The third-order valence-electron chi connectivity index (χ3n) is 5.24. The number of aliphatic hydroxyl groups excluding tert-OH is 1. The number of furan rings is 1. The average Bonchev–Trinajstić information content (AvgIpc) is 3.38. The second-order valence-electron chi connectivity index (χ2n) is 7.68. The summed E-state index contributed by atoms with van der Waals surface area (Å²) in [4.78, 5) is 34.7. The van der Waals surface area contributed by atoms with Crippen molar-refractivity contribution in [3.05, 3.63) is 74.8 Å². The Morgan fingerprint density at radius 1 is 1.13 bits per heavy atom. The van der Waals surface area contributed by atoms with E-state index in [2.05, 4.69) is 4.98 Å². The first kappa shape index (κ1) is 20.9. The highest BCUT2D eigenvalue weighted by molar-refractivity contribution is 7.14. The number of rotatable bonds is 5. The molecular formula is C23H23N3O4S. The maximum absolute atomic E-state index is 13.5. The number of hydrogen-bond donors (Lipinski definition) is 1. The van der Waals surface area contributed by atoms with E-state index in [1.54, 1.807) is 38.1 Å². The normalized spacial score (nSPS) is 16.4. The van der Waals surface area contributed by atoms with E-state index in [4.69, 9.17) is 4.42 Å². The van der Waals surface area contributed by atoms with Gasteiger partial charge in [0.2, 0.25) is 5.78 Å². The van der Waals surface area contributed by atoms with Gasteiger partial charge in [-0.25, -0.2) is 4.98 Å².